The first-order valence-corrected chi connectivity index (χ1v) is 10.1. The molecule has 1 fully saturated rings. The van der Waals surface area contributed by atoms with Crippen LogP contribution in [0.5, 0.6) is 0 Å². The molecule has 0 aliphatic carbocycles. The first-order chi connectivity index (χ1) is 15.4. The fourth-order valence-electron chi connectivity index (χ4n) is 3.68. The highest BCUT2D eigenvalue weighted by Crippen LogP contribution is 2.25. The van der Waals surface area contributed by atoms with E-state index in [9.17, 15) is 19.2 Å². The van der Waals surface area contributed by atoms with Crippen LogP contribution in [0.15, 0.2) is 71.5 Å². The quantitative estimate of drug-likeness (QED) is 0.554. The van der Waals surface area contributed by atoms with Crippen LogP contribution in [0.1, 0.15) is 28.8 Å². The van der Waals surface area contributed by atoms with Crippen LogP contribution in [0, 0.1) is 0 Å². The monoisotopic (exact) mass is 431 g/mol. The Hall–Kier alpha value is -4.20. The summed E-state index contributed by atoms with van der Waals surface area (Å²) in [5, 5.41) is 11.8. The van der Waals surface area contributed by atoms with Crippen LogP contribution in [0.3, 0.4) is 0 Å². The Balaban J connectivity index is 1.63. The second-order valence-corrected chi connectivity index (χ2v) is 7.54. The summed E-state index contributed by atoms with van der Waals surface area (Å²) in [6.07, 6.45) is 0.784. The van der Waals surface area contributed by atoms with Crippen LogP contribution in [0.25, 0.3) is 11.3 Å². The van der Waals surface area contributed by atoms with Crippen LogP contribution in [-0.2, 0) is 16.1 Å². The highest BCUT2D eigenvalue weighted by molar-refractivity contribution is 6.00. The van der Waals surface area contributed by atoms with Crippen LogP contribution in [0.2, 0.25) is 0 Å². The number of benzene rings is 2. The largest absolute Gasteiger partial charge is 0.477 e. The van der Waals surface area contributed by atoms with Crippen LogP contribution >= 0.6 is 0 Å². The number of rotatable bonds is 6. The number of anilines is 1. The molecule has 0 radical (unpaired) electrons. The highest BCUT2D eigenvalue weighted by Gasteiger charge is 2.31. The summed E-state index contributed by atoms with van der Waals surface area (Å²) < 4.78 is 0. The summed E-state index contributed by atoms with van der Waals surface area (Å²) >= 11 is 0. The van der Waals surface area contributed by atoms with Crippen molar-refractivity contribution in [3.8, 4) is 11.3 Å². The van der Waals surface area contributed by atoms with Crippen molar-refractivity contribution in [1.29, 1.82) is 0 Å². The van der Waals surface area contributed by atoms with Gasteiger partial charge in [-0.1, -0.05) is 42.5 Å². The first kappa shape index (κ1) is 21.0. The second-order valence-electron chi connectivity index (χ2n) is 7.54. The molecule has 0 unspecified atom stereocenters. The molecule has 2 amide bonds. The molecule has 1 aromatic heterocycles. The molecule has 4 rings (SSSR count). The minimum atomic E-state index is -1.29. The van der Waals surface area contributed by atoms with Crippen LogP contribution in [0.4, 0.5) is 5.69 Å². The molecule has 3 aromatic rings. The topological polar surface area (TPSA) is 120 Å². The van der Waals surface area contributed by atoms with E-state index in [0.717, 1.165) is 5.56 Å². The number of hydrogen-bond acceptors (Lipinski definition) is 4. The second kappa shape index (κ2) is 8.89. The van der Waals surface area contributed by atoms with Gasteiger partial charge in [0.25, 0.3) is 5.56 Å². The number of H-pyrrole nitrogens is 1. The minimum absolute atomic E-state index is 0.132. The van der Waals surface area contributed by atoms with Crippen LogP contribution in [-0.4, -0.2) is 33.9 Å². The van der Waals surface area contributed by atoms with Gasteiger partial charge in [0, 0.05) is 17.8 Å². The maximum Gasteiger partial charge on any atom is 0.341 e. The third kappa shape index (κ3) is 4.44. The lowest BCUT2D eigenvalue weighted by Crippen LogP contribution is -2.44. The Labute approximate surface area is 183 Å². The molecule has 8 heteroatoms. The van der Waals surface area contributed by atoms with E-state index in [0.29, 0.717) is 36.3 Å². The first-order valence-electron chi connectivity index (χ1n) is 10.1. The van der Waals surface area contributed by atoms with Crippen molar-refractivity contribution >= 4 is 23.5 Å². The Morgan fingerprint density at radius 3 is 2.28 bits per heavy atom. The number of hydrogen-bond donors (Lipinski definition) is 3. The molecule has 32 heavy (non-hydrogen) atoms. The zero-order valence-corrected chi connectivity index (χ0v) is 17.1. The molecule has 2 heterocycles. The molecular weight excluding hydrogens is 410 g/mol. The lowest BCUT2D eigenvalue weighted by atomic mass is 10.1. The van der Waals surface area contributed by atoms with Gasteiger partial charge in [-0.2, -0.15) is 0 Å². The van der Waals surface area contributed by atoms with E-state index >= 15 is 0 Å². The zero-order chi connectivity index (χ0) is 22.7. The van der Waals surface area contributed by atoms with E-state index in [1.165, 1.54) is 12.1 Å². The van der Waals surface area contributed by atoms with Gasteiger partial charge < -0.3 is 20.3 Å². The van der Waals surface area contributed by atoms with Gasteiger partial charge in [0.05, 0.1) is 6.54 Å². The van der Waals surface area contributed by atoms with Crippen molar-refractivity contribution in [1.82, 2.24) is 10.3 Å². The number of aromatic amines is 1. The van der Waals surface area contributed by atoms with Gasteiger partial charge >= 0.3 is 5.97 Å². The standard InChI is InChI=1S/C24H21N3O5/c28-21-13-12-20(25-21)23(30)27(14-15-4-2-1-3-5-15)17-8-6-16(7-9-17)19-11-10-18(24(31)32)22(29)26-19/h1-11,20H,12-14H2,(H,25,28)(H,26,29)(H,31,32)/t20-/m0/s1. The number of carbonyl (C=O) groups is 3. The van der Waals surface area contributed by atoms with Gasteiger partial charge in [-0.3, -0.25) is 14.4 Å². The van der Waals surface area contributed by atoms with Gasteiger partial charge in [-0.25, -0.2) is 4.79 Å². The molecule has 162 valence electrons. The molecule has 1 aliphatic rings. The number of nitrogens with zero attached hydrogens (tertiary/aromatic N) is 1. The summed E-state index contributed by atoms with van der Waals surface area (Å²) in [5.74, 6) is -1.61. The van der Waals surface area contributed by atoms with Crippen molar-refractivity contribution in [2.45, 2.75) is 25.4 Å². The molecule has 8 nitrogen and oxygen atoms in total. The van der Waals surface area contributed by atoms with Gasteiger partial charge in [0.1, 0.15) is 11.6 Å². The summed E-state index contributed by atoms with van der Waals surface area (Å²) in [6.45, 7) is 0.343. The number of pyridine rings is 1. The molecule has 2 aromatic carbocycles. The number of nitrogens with one attached hydrogen (secondary N) is 2. The van der Waals surface area contributed by atoms with Crippen molar-refractivity contribution in [3.63, 3.8) is 0 Å². The highest BCUT2D eigenvalue weighted by atomic mass is 16.4. The molecular formula is C24H21N3O5. The number of aromatic carboxylic acids is 1. The van der Waals surface area contributed by atoms with E-state index in [-0.39, 0.29) is 17.4 Å². The number of amides is 2. The van der Waals surface area contributed by atoms with Gasteiger partial charge in [-0.15, -0.1) is 0 Å². The SMILES string of the molecule is O=C1CC[C@@H](C(=O)N(Cc2ccccc2)c2ccc(-c3ccc(C(=O)O)c(=O)[nH]3)cc2)N1. The predicted molar refractivity (Wildman–Crippen MR) is 118 cm³/mol. The summed E-state index contributed by atoms with van der Waals surface area (Å²) in [4.78, 5) is 52.0. The molecule has 1 aliphatic heterocycles. The fourth-order valence-corrected chi connectivity index (χ4v) is 3.68. The molecule has 1 atom stereocenters. The Morgan fingerprint density at radius 1 is 0.969 bits per heavy atom. The van der Waals surface area contributed by atoms with Crippen molar-refractivity contribution in [2.24, 2.45) is 0 Å². The van der Waals surface area contributed by atoms with Gasteiger partial charge in [0.15, 0.2) is 0 Å². The molecule has 3 N–H and O–H groups in total. The average molecular weight is 431 g/mol. The minimum Gasteiger partial charge on any atom is -0.477 e. The third-order valence-electron chi connectivity index (χ3n) is 5.37. The lowest BCUT2D eigenvalue weighted by molar-refractivity contribution is -0.124. The van der Waals surface area contributed by atoms with E-state index in [1.807, 2.05) is 30.3 Å². The Bertz CT molecular complexity index is 1220. The van der Waals surface area contributed by atoms with Gasteiger partial charge in [-0.05, 0) is 41.8 Å². The molecule has 0 spiro atoms. The van der Waals surface area contributed by atoms with E-state index < -0.39 is 17.6 Å². The Morgan fingerprint density at radius 2 is 1.69 bits per heavy atom. The zero-order valence-electron chi connectivity index (χ0n) is 17.1. The number of carboxylic acid groups (broad SMARTS) is 1. The molecule has 1 saturated heterocycles. The maximum absolute atomic E-state index is 13.2. The molecule has 0 bridgehead atoms. The fraction of sp³-hybridized carbons (Fsp3) is 0.167. The van der Waals surface area contributed by atoms with E-state index in [2.05, 4.69) is 10.3 Å². The number of carboxylic acids is 1. The number of aromatic nitrogens is 1. The summed E-state index contributed by atoms with van der Waals surface area (Å²) in [7, 11) is 0. The normalized spacial score (nSPS) is 15.2. The Kier molecular flexibility index (Phi) is 5.85. The summed E-state index contributed by atoms with van der Waals surface area (Å²) in [6, 6.07) is 18.8. The van der Waals surface area contributed by atoms with Gasteiger partial charge in [0.2, 0.25) is 11.8 Å². The summed E-state index contributed by atoms with van der Waals surface area (Å²) in [5.41, 5.74) is 1.72. The average Bonchev–Trinajstić information content (AvgIpc) is 3.24. The predicted octanol–water partition coefficient (Wildman–Crippen LogP) is 2.55. The smallest absolute Gasteiger partial charge is 0.341 e. The van der Waals surface area contributed by atoms with Crippen molar-refractivity contribution < 1.29 is 19.5 Å². The lowest BCUT2D eigenvalue weighted by Gasteiger charge is -2.26. The van der Waals surface area contributed by atoms with E-state index in [4.69, 9.17) is 5.11 Å². The molecule has 0 saturated carbocycles. The number of carbonyl (C=O) groups excluding carboxylic acids is 2. The van der Waals surface area contributed by atoms with Crippen LogP contribution < -0.4 is 15.8 Å². The van der Waals surface area contributed by atoms with Crippen molar-refractivity contribution in [3.05, 3.63) is 88.2 Å². The maximum atomic E-state index is 13.2. The van der Waals surface area contributed by atoms with E-state index in [1.54, 1.807) is 29.2 Å². The third-order valence-corrected chi connectivity index (χ3v) is 5.37. The van der Waals surface area contributed by atoms with Crippen molar-refractivity contribution in [2.75, 3.05) is 4.90 Å².